The number of fused-ring (bicyclic) bond motifs is 2. The van der Waals surface area contributed by atoms with Crippen LogP contribution in [0.15, 0.2) is 18.2 Å². The van der Waals surface area contributed by atoms with Crippen molar-refractivity contribution in [1.29, 1.82) is 0 Å². The fourth-order valence-corrected chi connectivity index (χ4v) is 3.25. The summed E-state index contributed by atoms with van der Waals surface area (Å²) in [4.78, 5) is 45.4. The third-order valence-electron chi connectivity index (χ3n) is 5.02. The van der Waals surface area contributed by atoms with E-state index in [-0.39, 0.29) is 25.4 Å². The number of pyridine rings is 1. The fourth-order valence-electron chi connectivity index (χ4n) is 3.25. The van der Waals surface area contributed by atoms with E-state index < -0.39 is 17.4 Å². The lowest BCUT2D eigenvalue weighted by Gasteiger charge is -2.31. The van der Waals surface area contributed by atoms with Crippen molar-refractivity contribution in [3.8, 4) is 0 Å². The highest BCUT2D eigenvalue weighted by molar-refractivity contribution is 5.85. The minimum absolute atomic E-state index is 0.0936. The number of Topliss-reactive ketones (excluding diaryl/α,β-unsaturated/α-hetero) is 1. The zero-order valence-electron chi connectivity index (χ0n) is 18.0. The van der Waals surface area contributed by atoms with Gasteiger partial charge >= 0.3 is 11.9 Å². The molecule has 0 radical (unpaired) electrons. The Labute approximate surface area is 177 Å². The molecular weight excluding hydrogens is 388 g/mol. The van der Waals surface area contributed by atoms with Gasteiger partial charge in [0.25, 0.3) is 0 Å². The number of rotatable bonds is 6. The molecule has 1 aliphatic heterocycles. The largest absolute Gasteiger partial charge is 0.480 e. The van der Waals surface area contributed by atoms with Crippen LogP contribution in [0.4, 0.5) is 0 Å². The summed E-state index contributed by atoms with van der Waals surface area (Å²) in [5, 5.41) is 18.5. The molecule has 0 unspecified atom stereocenters. The molecule has 0 spiro atoms. The molecule has 0 aliphatic carbocycles. The van der Waals surface area contributed by atoms with Crippen LogP contribution in [0.3, 0.4) is 0 Å². The van der Waals surface area contributed by atoms with Crippen LogP contribution >= 0.6 is 0 Å². The van der Waals surface area contributed by atoms with Gasteiger partial charge < -0.3 is 10.2 Å². The van der Waals surface area contributed by atoms with E-state index in [0.717, 1.165) is 11.4 Å². The normalized spacial score (nSPS) is 17.7. The Hall–Kier alpha value is -2.36. The van der Waals surface area contributed by atoms with E-state index in [2.05, 4.69) is 4.98 Å². The molecular formula is C21H32N4O5. The molecule has 2 N–H and O–H groups in total. The quantitative estimate of drug-likeness (QED) is 0.689. The van der Waals surface area contributed by atoms with Crippen LogP contribution < -0.4 is 0 Å². The Kier molecular flexibility index (Phi) is 8.45. The van der Waals surface area contributed by atoms with Gasteiger partial charge in [-0.1, -0.05) is 26.8 Å². The number of carboxylic acid groups (broad SMARTS) is 2. The summed E-state index contributed by atoms with van der Waals surface area (Å²) in [5.41, 5.74) is 0.996. The lowest BCUT2D eigenvalue weighted by Crippen LogP contribution is -2.45. The number of ketones is 1. The standard InChI is InChI=1S/C21H32N4O5/c1-21(2,3)18(26)13-23-7-9-24(14-19(27)28)11-16-5-4-6-17(22-16)12-25(10-8-23)15-20(29)30/h4-6H,7-15H2,1-3H3,(H,27,28)(H,29,30). The lowest BCUT2D eigenvalue weighted by molar-refractivity contribution is -0.139. The third kappa shape index (κ3) is 8.17. The van der Waals surface area contributed by atoms with E-state index >= 15 is 0 Å². The van der Waals surface area contributed by atoms with Crippen molar-refractivity contribution in [2.24, 2.45) is 5.41 Å². The zero-order valence-corrected chi connectivity index (χ0v) is 18.0. The highest BCUT2D eigenvalue weighted by Crippen LogP contribution is 2.16. The highest BCUT2D eigenvalue weighted by Gasteiger charge is 2.25. The molecule has 166 valence electrons. The molecule has 0 saturated heterocycles. The van der Waals surface area contributed by atoms with Gasteiger partial charge in [0.15, 0.2) is 5.78 Å². The average molecular weight is 421 g/mol. The van der Waals surface area contributed by atoms with Gasteiger partial charge in [-0.05, 0) is 12.1 Å². The van der Waals surface area contributed by atoms with Crippen molar-refractivity contribution in [2.75, 3.05) is 45.8 Å². The summed E-state index contributed by atoms with van der Waals surface area (Å²) in [6.45, 7) is 8.34. The van der Waals surface area contributed by atoms with E-state index in [0.29, 0.717) is 39.3 Å². The minimum atomic E-state index is -0.914. The maximum atomic E-state index is 12.6. The molecule has 2 heterocycles. The van der Waals surface area contributed by atoms with Crippen molar-refractivity contribution in [2.45, 2.75) is 33.9 Å². The smallest absolute Gasteiger partial charge is 0.317 e. The Bertz CT molecular complexity index is 717. The summed E-state index contributed by atoms with van der Waals surface area (Å²) in [6.07, 6.45) is 0. The van der Waals surface area contributed by atoms with Crippen molar-refractivity contribution in [3.63, 3.8) is 0 Å². The molecule has 30 heavy (non-hydrogen) atoms. The molecule has 1 aromatic heterocycles. The number of aromatic nitrogens is 1. The zero-order chi connectivity index (χ0) is 22.3. The summed E-state index contributed by atoms with van der Waals surface area (Å²) < 4.78 is 0. The molecule has 0 amide bonds. The minimum Gasteiger partial charge on any atom is -0.480 e. The molecule has 0 saturated carbocycles. The highest BCUT2D eigenvalue weighted by atomic mass is 16.4. The maximum absolute atomic E-state index is 12.6. The average Bonchev–Trinajstić information content (AvgIpc) is 2.61. The first kappa shape index (κ1) is 23.9. The number of hydrogen-bond donors (Lipinski definition) is 2. The van der Waals surface area contributed by atoms with Gasteiger partial charge in [-0.2, -0.15) is 0 Å². The van der Waals surface area contributed by atoms with E-state index in [9.17, 15) is 24.6 Å². The van der Waals surface area contributed by atoms with Crippen molar-refractivity contribution >= 4 is 17.7 Å². The lowest BCUT2D eigenvalue weighted by atomic mass is 9.90. The molecule has 9 nitrogen and oxygen atoms in total. The second-order valence-corrected chi connectivity index (χ2v) is 8.78. The Morgan fingerprint density at radius 3 is 1.67 bits per heavy atom. The summed E-state index contributed by atoms with van der Waals surface area (Å²) in [5.74, 6) is -1.73. The molecule has 1 aromatic rings. The second-order valence-electron chi connectivity index (χ2n) is 8.78. The van der Waals surface area contributed by atoms with Gasteiger partial charge in [0, 0.05) is 44.7 Å². The van der Waals surface area contributed by atoms with Gasteiger partial charge in [-0.15, -0.1) is 0 Å². The van der Waals surface area contributed by atoms with Crippen LogP contribution in [0.2, 0.25) is 0 Å². The van der Waals surface area contributed by atoms with E-state index in [1.54, 1.807) is 9.80 Å². The van der Waals surface area contributed by atoms with Crippen molar-refractivity contribution in [1.82, 2.24) is 19.7 Å². The number of carbonyl (C=O) groups is 3. The van der Waals surface area contributed by atoms with E-state index in [1.807, 2.05) is 43.9 Å². The molecule has 0 atom stereocenters. The molecule has 0 fully saturated rings. The third-order valence-corrected chi connectivity index (χ3v) is 5.02. The number of aliphatic carboxylic acids is 2. The molecule has 0 aromatic carbocycles. The van der Waals surface area contributed by atoms with E-state index in [4.69, 9.17) is 0 Å². The Morgan fingerprint density at radius 2 is 1.27 bits per heavy atom. The first-order valence-corrected chi connectivity index (χ1v) is 10.1. The van der Waals surface area contributed by atoms with Crippen LogP contribution in [0.1, 0.15) is 32.2 Å². The van der Waals surface area contributed by atoms with Crippen molar-refractivity contribution in [3.05, 3.63) is 29.6 Å². The summed E-state index contributed by atoms with van der Waals surface area (Å²) >= 11 is 0. The van der Waals surface area contributed by atoms with Crippen LogP contribution in [0.25, 0.3) is 0 Å². The second kappa shape index (κ2) is 10.6. The van der Waals surface area contributed by atoms with Gasteiger partial charge in [0.2, 0.25) is 0 Å². The monoisotopic (exact) mass is 420 g/mol. The Balaban J connectivity index is 2.26. The van der Waals surface area contributed by atoms with Gasteiger partial charge in [-0.25, -0.2) is 0 Å². The number of carbonyl (C=O) groups excluding carboxylic acids is 1. The maximum Gasteiger partial charge on any atom is 0.317 e. The predicted molar refractivity (Wildman–Crippen MR) is 111 cm³/mol. The van der Waals surface area contributed by atoms with Gasteiger partial charge in [0.05, 0.1) is 31.0 Å². The van der Waals surface area contributed by atoms with Gasteiger partial charge in [0.1, 0.15) is 0 Å². The van der Waals surface area contributed by atoms with Crippen LogP contribution in [-0.2, 0) is 27.5 Å². The molecule has 2 rings (SSSR count). The topological polar surface area (TPSA) is 114 Å². The fraction of sp³-hybridized carbons (Fsp3) is 0.619. The van der Waals surface area contributed by atoms with Crippen LogP contribution in [0.5, 0.6) is 0 Å². The first-order chi connectivity index (χ1) is 14.0. The molecule has 1 aliphatic rings. The summed E-state index contributed by atoms with van der Waals surface area (Å²) in [7, 11) is 0. The Morgan fingerprint density at radius 1 is 0.833 bits per heavy atom. The van der Waals surface area contributed by atoms with Crippen LogP contribution in [0, 0.1) is 5.41 Å². The molecule has 2 bridgehead atoms. The molecule has 9 heteroatoms. The van der Waals surface area contributed by atoms with E-state index in [1.165, 1.54) is 0 Å². The SMILES string of the molecule is CC(C)(C)C(=O)CN1CCN(CC(=O)O)Cc2cccc(n2)CN(CC(=O)O)CC1. The van der Waals surface area contributed by atoms with Crippen molar-refractivity contribution < 1.29 is 24.6 Å². The number of carboxylic acids is 2. The predicted octanol–water partition coefficient (Wildman–Crippen LogP) is 0.786. The first-order valence-electron chi connectivity index (χ1n) is 10.1. The van der Waals surface area contributed by atoms with Gasteiger partial charge in [-0.3, -0.25) is 34.1 Å². The number of hydrogen-bond acceptors (Lipinski definition) is 7. The van der Waals surface area contributed by atoms with Crippen LogP contribution in [-0.4, -0.2) is 93.4 Å². The number of nitrogens with zero attached hydrogens (tertiary/aromatic N) is 4. The summed E-state index contributed by atoms with van der Waals surface area (Å²) in [6, 6.07) is 5.54.